The molecule has 1 saturated heterocycles. The first-order valence-corrected chi connectivity index (χ1v) is 8.31. The zero-order chi connectivity index (χ0) is 14.8. The number of anilines is 1. The van der Waals surface area contributed by atoms with Gasteiger partial charge in [0.25, 0.3) is 0 Å². The average molecular weight is 309 g/mol. The maximum Gasteiger partial charge on any atom is 0.128 e. The van der Waals surface area contributed by atoms with Crippen LogP contribution in [0, 0.1) is 0 Å². The van der Waals surface area contributed by atoms with Crippen LogP contribution in [0.4, 0.5) is 5.82 Å². The average Bonchev–Trinajstić information content (AvgIpc) is 3.31. The Labute approximate surface area is 132 Å². The van der Waals surface area contributed by atoms with Crippen LogP contribution in [0.2, 0.25) is 5.02 Å². The molecule has 0 unspecified atom stereocenters. The second-order valence-corrected chi connectivity index (χ2v) is 6.81. The van der Waals surface area contributed by atoms with Crippen LogP contribution < -0.4 is 10.2 Å². The first-order chi connectivity index (χ1) is 10.1. The van der Waals surface area contributed by atoms with Gasteiger partial charge < -0.3 is 15.1 Å². The van der Waals surface area contributed by atoms with Crippen LogP contribution in [0.15, 0.2) is 12.1 Å². The third-order valence-electron chi connectivity index (χ3n) is 4.64. The van der Waals surface area contributed by atoms with E-state index < -0.39 is 0 Å². The molecule has 1 aliphatic carbocycles. The Kier molecular flexibility index (Phi) is 4.67. The Balaban J connectivity index is 1.67. The molecule has 1 aromatic heterocycles. The topological polar surface area (TPSA) is 31.4 Å². The van der Waals surface area contributed by atoms with Crippen LogP contribution in [0.5, 0.6) is 0 Å². The summed E-state index contributed by atoms with van der Waals surface area (Å²) in [5, 5.41) is 4.26. The monoisotopic (exact) mass is 308 g/mol. The minimum absolute atomic E-state index is 0.583. The van der Waals surface area contributed by atoms with E-state index in [2.05, 4.69) is 29.2 Å². The number of hydrogen-bond acceptors (Lipinski definition) is 4. The number of nitrogens with one attached hydrogen (secondary N) is 1. The molecule has 1 saturated carbocycles. The molecule has 0 atom stereocenters. The lowest BCUT2D eigenvalue weighted by molar-refractivity contribution is 0.252. The summed E-state index contributed by atoms with van der Waals surface area (Å²) in [7, 11) is 4.35. The van der Waals surface area contributed by atoms with E-state index in [0.717, 1.165) is 23.1 Å². The van der Waals surface area contributed by atoms with Crippen molar-refractivity contribution < 1.29 is 0 Å². The van der Waals surface area contributed by atoms with E-state index in [9.17, 15) is 0 Å². The largest absolute Gasteiger partial charge is 0.357 e. The highest BCUT2D eigenvalue weighted by Gasteiger charge is 2.23. The van der Waals surface area contributed by atoms with Gasteiger partial charge in [-0.3, -0.25) is 0 Å². The van der Waals surface area contributed by atoms with Gasteiger partial charge in [0.05, 0.1) is 10.7 Å². The van der Waals surface area contributed by atoms with Crippen molar-refractivity contribution in [3.63, 3.8) is 0 Å². The van der Waals surface area contributed by atoms with Gasteiger partial charge in [-0.15, -0.1) is 0 Å². The number of pyridine rings is 1. The fraction of sp³-hybridized carbons (Fsp3) is 0.688. The van der Waals surface area contributed by atoms with E-state index in [-0.39, 0.29) is 0 Å². The molecule has 1 aliphatic heterocycles. The summed E-state index contributed by atoms with van der Waals surface area (Å²) < 4.78 is 0. The second kappa shape index (κ2) is 6.51. The predicted molar refractivity (Wildman–Crippen MR) is 88.0 cm³/mol. The highest BCUT2D eigenvalue weighted by atomic mass is 35.5. The van der Waals surface area contributed by atoms with Crippen LogP contribution >= 0.6 is 11.6 Å². The standard InChI is InChI=1S/C16H25ClN4/c1-20-9-7-13(8-10-20)21(2)16-6-5-14(17)15(19-16)11-18-12-3-4-12/h5-6,12-13,18H,3-4,7-11H2,1-2H3. The minimum atomic E-state index is 0.583. The summed E-state index contributed by atoms with van der Waals surface area (Å²) in [6.07, 6.45) is 4.97. The van der Waals surface area contributed by atoms with E-state index in [1.165, 1.54) is 38.8 Å². The van der Waals surface area contributed by atoms with E-state index >= 15 is 0 Å². The van der Waals surface area contributed by atoms with Gasteiger partial charge in [-0.2, -0.15) is 0 Å². The van der Waals surface area contributed by atoms with Gasteiger partial charge in [-0.05, 0) is 58.0 Å². The molecule has 1 aromatic rings. The molecule has 2 heterocycles. The van der Waals surface area contributed by atoms with Crippen molar-refractivity contribution >= 4 is 17.4 Å². The third kappa shape index (κ3) is 3.87. The van der Waals surface area contributed by atoms with Crippen molar-refractivity contribution in [3.05, 3.63) is 22.8 Å². The van der Waals surface area contributed by atoms with Crippen molar-refractivity contribution in [1.82, 2.24) is 15.2 Å². The number of likely N-dealkylation sites (tertiary alicyclic amines) is 1. The number of rotatable bonds is 5. The first-order valence-electron chi connectivity index (χ1n) is 7.93. The molecule has 0 amide bonds. The SMILES string of the molecule is CN1CCC(N(C)c2ccc(Cl)c(CNC3CC3)n2)CC1. The smallest absolute Gasteiger partial charge is 0.128 e. The number of hydrogen-bond donors (Lipinski definition) is 1. The number of halogens is 1. The molecule has 0 spiro atoms. The summed E-state index contributed by atoms with van der Waals surface area (Å²) in [4.78, 5) is 9.50. The molecule has 2 aliphatic rings. The van der Waals surface area contributed by atoms with Gasteiger partial charge in [-0.25, -0.2) is 4.98 Å². The third-order valence-corrected chi connectivity index (χ3v) is 4.98. The van der Waals surface area contributed by atoms with E-state index in [0.29, 0.717) is 12.1 Å². The number of piperidine rings is 1. The lowest BCUT2D eigenvalue weighted by Crippen LogP contribution is -2.42. The van der Waals surface area contributed by atoms with Crippen LogP contribution in [0.3, 0.4) is 0 Å². The fourth-order valence-corrected chi connectivity index (χ4v) is 3.06. The summed E-state index contributed by atoms with van der Waals surface area (Å²) in [6, 6.07) is 5.29. The zero-order valence-electron chi connectivity index (χ0n) is 13.0. The summed E-state index contributed by atoms with van der Waals surface area (Å²) >= 11 is 6.28. The number of aromatic nitrogens is 1. The lowest BCUT2D eigenvalue weighted by atomic mass is 10.0. The molecular formula is C16H25ClN4. The van der Waals surface area contributed by atoms with Gasteiger partial charge in [0.2, 0.25) is 0 Å². The highest BCUT2D eigenvalue weighted by molar-refractivity contribution is 6.31. The van der Waals surface area contributed by atoms with Gasteiger partial charge in [0, 0.05) is 25.7 Å². The maximum absolute atomic E-state index is 6.28. The highest BCUT2D eigenvalue weighted by Crippen LogP contribution is 2.25. The quantitative estimate of drug-likeness (QED) is 0.906. The Morgan fingerprint density at radius 1 is 1.29 bits per heavy atom. The molecule has 0 bridgehead atoms. The molecule has 5 heteroatoms. The zero-order valence-corrected chi connectivity index (χ0v) is 13.7. The molecule has 3 rings (SSSR count). The summed E-state index contributed by atoms with van der Waals surface area (Å²) in [6.45, 7) is 3.11. The van der Waals surface area contributed by atoms with Crippen molar-refractivity contribution in [2.24, 2.45) is 0 Å². The van der Waals surface area contributed by atoms with Crippen molar-refractivity contribution in [3.8, 4) is 0 Å². The molecule has 4 nitrogen and oxygen atoms in total. The van der Waals surface area contributed by atoms with Gasteiger partial charge in [-0.1, -0.05) is 11.6 Å². The molecule has 21 heavy (non-hydrogen) atoms. The Hall–Kier alpha value is -0.840. The normalized spacial score (nSPS) is 20.7. The van der Waals surface area contributed by atoms with Crippen LogP contribution in [-0.2, 0) is 6.54 Å². The van der Waals surface area contributed by atoms with E-state index in [4.69, 9.17) is 16.6 Å². The van der Waals surface area contributed by atoms with E-state index in [1.807, 2.05) is 12.1 Å². The molecule has 0 aromatic carbocycles. The molecule has 2 fully saturated rings. The summed E-state index contributed by atoms with van der Waals surface area (Å²) in [5.41, 5.74) is 0.973. The van der Waals surface area contributed by atoms with Gasteiger partial charge in [0.1, 0.15) is 5.82 Å². The molecule has 116 valence electrons. The predicted octanol–water partition coefficient (Wildman–Crippen LogP) is 2.52. The Morgan fingerprint density at radius 2 is 2.00 bits per heavy atom. The van der Waals surface area contributed by atoms with Crippen molar-refractivity contribution in [2.75, 3.05) is 32.1 Å². The van der Waals surface area contributed by atoms with E-state index in [1.54, 1.807) is 0 Å². The molecule has 1 N–H and O–H groups in total. The number of nitrogens with zero attached hydrogens (tertiary/aromatic N) is 3. The lowest BCUT2D eigenvalue weighted by Gasteiger charge is -2.35. The van der Waals surface area contributed by atoms with Crippen molar-refractivity contribution in [2.45, 2.75) is 44.3 Å². The molecule has 0 radical (unpaired) electrons. The molecular weight excluding hydrogens is 284 g/mol. The fourth-order valence-electron chi connectivity index (χ4n) is 2.89. The van der Waals surface area contributed by atoms with Crippen molar-refractivity contribution in [1.29, 1.82) is 0 Å². The van der Waals surface area contributed by atoms with Crippen LogP contribution in [-0.4, -0.2) is 49.2 Å². The van der Waals surface area contributed by atoms with Gasteiger partial charge >= 0.3 is 0 Å². The van der Waals surface area contributed by atoms with Crippen LogP contribution in [0.1, 0.15) is 31.4 Å². The maximum atomic E-state index is 6.28. The Morgan fingerprint density at radius 3 is 2.67 bits per heavy atom. The Bertz CT molecular complexity index is 481. The minimum Gasteiger partial charge on any atom is -0.357 e. The van der Waals surface area contributed by atoms with Crippen LogP contribution in [0.25, 0.3) is 0 Å². The summed E-state index contributed by atoms with van der Waals surface area (Å²) in [5.74, 6) is 1.04. The first kappa shape index (κ1) is 15.1. The second-order valence-electron chi connectivity index (χ2n) is 6.40. The van der Waals surface area contributed by atoms with Gasteiger partial charge in [0.15, 0.2) is 0 Å².